The van der Waals surface area contributed by atoms with E-state index in [1.165, 1.54) is 12.8 Å². The standard InChI is InChI=1S/C12H21NO2/c13-12(7-2-1-3-8-12)9-11(14)15-10-5-4-6-10/h10H,1-9,13H2. The number of carbonyl (C=O) groups excluding carboxylic acids is 1. The SMILES string of the molecule is NC1(CC(=O)OC2CCC2)CCCCC1. The average Bonchev–Trinajstić information content (AvgIpc) is 2.12. The average molecular weight is 211 g/mol. The lowest BCUT2D eigenvalue weighted by Gasteiger charge is -2.33. The molecular formula is C12H21NO2. The van der Waals surface area contributed by atoms with Crippen LogP contribution in [-0.2, 0) is 9.53 Å². The van der Waals surface area contributed by atoms with E-state index in [1.807, 2.05) is 0 Å². The Kier molecular flexibility index (Phi) is 3.29. The van der Waals surface area contributed by atoms with Gasteiger partial charge in [0, 0.05) is 5.54 Å². The zero-order chi connectivity index (χ0) is 10.7. The number of carbonyl (C=O) groups is 1. The van der Waals surface area contributed by atoms with Crippen LogP contribution in [0.1, 0.15) is 57.8 Å². The van der Waals surface area contributed by atoms with Gasteiger partial charge in [-0.15, -0.1) is 0 Å². The fraction of sp³-hybridized carbons (Fsp3) is 0.917. The zero-order valence-electron chi connectivity index (χ0n) is 9.34. The molecule has 0 radical (unpaired) electrons. The molecule has 2 saturated carbocycles. The van der Waals surface area contributed by atoms with Crippen LogP contribution < -0.4 is 5.73 Å². The molecule has 2 fully saturated rings. The highest BCUT2D eigenvalue weighted by Gasteiger charge is 2.32. The van der Waals surface area contributed by atoms with Gasteiger partial charge in [-0.05, 0) is 32.1 Å². The van der Waals surface area contributed by atoms with Gasteiger partial charge in [-0.1, -0.05) is 19.3 Å². The van der Waals surface area contributed by atoms with Gasteiger partial charge in [-0.3, -0.25) is 4.79 Å². The van der Waals surface area contributed by atoms with E-state index < -0.39 is 0 Å². The van der Waals surface area contributed by atoms with Gasteiger partial charge in [0.15, 0.2) is 0 Å². The predicted octanol–water partition coefficient (Wildman–Crippen LogP) is 2.13. The molecule has 15 heavy (non-hydrogen) atoms. The van der Waals surface area contributed by atoms with Crippen molar-refractivity contribution < 1.29 is 9.53 Å². The van der Waals surface area contributed by atoms with E-state index in [9.17, 15) is 4.79 Å². The third-order valence-electron chi connectivity index (χ3n) is 3.70. The molecule has 0 aromatic rings. The summed E-state index contributed by atoms with van der Waals surface area (Å²) in [5, 5.41) is 0. The van der Waals surface area contributed by atoms with Crippen LogP contribution >= 0.6 is 0 Å². The summed E-state index contributed by atoms with van der Waals surface area (Å²) in [5.41, 5.74) is 5.93. The van der Waals surface area contributed by atoms with Crippen molar-refractivity contribution >= 4 is 5.97 Å². The highest BCUT2D eigenvalue weighted by atomic mass is 16.5. The lowest BCUT2D eigenvalue weighted by molar-refractivity contribution is -0.154. The normalized spacial score (nSPS) is 25.7. The molecule has 0 aliphatic heterocycles. The van der Waals surface area contributed by atoms with E-state index in [-0.39, 0.29) is 17.6 Å². The maximum absolute atomic E-state index is 11.6. The van der Waals surface area contributed by atoms with Crippen LogP contribution in [0.15, 0.2) is 0 Å². The Labute approximate surface area is 91.4 Å². The molecule has 2 aliphatic carbocycles. The Bertz CT molecular complexity index is 230. The van der Waals surface area contributed by atoms with Crippen LogP contribution in [0.4, 0.5) is 0 Å². The number of hydrogen-bond donors (Lipinski definition) is 1. The van der Waals surface area contributed by atoms with Crippen molar-refractivity contribution in [2.45, 2.75) is 69.4 Å². The molecule has 3 heteroatoms. The molecule has 0 aromatic heterocycles. The predicted molar refractivity (Wildman–Crippen MR) is 58.4 cm³/mol. The molecule has 2 rings (SSSR count). The van der Waals surface area contributed by atoms with Crippen molar-refractivity contribution in [3.8, 4) is 0 Å². The van der Waals surface area contributed by atoms with Crippen molar-refractivity contribution in [2.24, 2.45) is 5.73 Å². The fourth-order valence-corrected chi connectivity index (χ4v) is 2.44. The number of ether oxygens (including phenoxy) is 1. The first-order valence-corrected chi connectivity index (χ1v) is 6.16. The molecule has 2 aliphatic rings. The smallest absolute Gasteiger partial charge is 0.307 e. The van der Waals surface area contributed by atoms with Gasteiger partial charge >= 0.3 is 5.97 Å². The molecular weight excluding hydrogens is 190 g/mol. The first-order chi connectivity index (χ1) is 7.18. The molecule has 0 amide bonds. The van der Waals surface area contributed by atoms with Gasteiger partial charge in [0.2, 0.25) is 0 Å². The number of hydrogen-bond acceptors (Lipinski definition) is 3. The van der Waals surface area contributed by atoms with E-state index in [0.717, 1.165) is 38.5 Å². The quantitative estimate of drug-likeness (QED) is 0.728. The molecule has 0 saturated heterocycles. The molecule has 0 aromatic carbocycles. The van der Waals surface area contributed by atoms with Crippen LogP contribution in [0.2, 0.25) is 0 Å². The van der Waals surface area contributed by atoms with E-state index in [2.05, 4.69) is 0 Å². The van der Waals surface area contributed by atoms with Crippen LogP contribution in [0, 0.1) is 0 Å². The largest absolute Gasteiger partial charge is 0.462 e. The first kappa shape index (κ1) is 10.9. The first-order valence-electron chi connectivity index (χ1n) is 6.16. The van der Waals surface area contributed by atoms with Crippen molar-refractivity contribution in [3.05, 3.63) is 0 Å². The monoisotopic (exact) mass is 211 g/mol. The summed E-state index contributed by atoms with van der Waals surface area (Å²) < 4.78 is 5.34. The molecule has 86 valence electrons. The molecule has 0 spiro atoms. The van der Waals surface area contributed by atoms with Crippen molar-refractivity contribution in [1.29, 1.82) is 0 Å². The number of esters is 1. The lowest BCUT2D eigenvalue weighted by atomic mass is 9.80. The minimum Gasteiger partial charge on any atom is -0.462 e. The van der Waals surface area contributed by atoms with Crippen LogP contribution in [0.3, 0.4) is 0 Å². The summed E-state index contributed by atoms with van der Waals surface area (Å²) >= 11 is 0. The van der Waals surface area contributed by atoms with E-state index in [1.54, 1.807) is 0 Å². The minimum absolute atomic E-state index is 0.0795. The Balaban J connectivity index is 1.75. The third kappa shape index (κ3) is 2.94. The highest BCUT2D eigenvalue weighted by Crippen LogP contribution is 2.30. The summed E-state index contributed by atoms with van der Waals surface area (Å²) in [6, 6.07) is 0. The maximum Gasteiger partial charge on any atom is 0.307 e. The maximum atomic E-state index is 11.6. The topological polar surface area (TPSA) is 52.3 Å². The van der Waals surface area contributed by atoms with Crippen molar-refractivity contribution in [1.82, 2.24) is 0 Å². The lowest BCUT2D eigenvalue weighted by Crippen LogP contribution is -2.44. The van der Waals surface area contributed by atoms with Crippen LogP contribution in [0.5, 0.6) is 0 Å². The third-order valence-corrected chi connectivity index (χ3v) is 3.70. The van der Waals surface area contributed by atoms with Gasteiger partial charge in [0.05, 0.1) is 6.42 Å². The molecule has 0 atom stereocenters. The molecule has 2 N–H and O–H groups in total. The summed E-state index contributed by atoms with van der Waals surface area (Å²) in [7, 11) is 0. The second-order valence-corrected chi connectivity index (χ2v) is 5.14. The molecule has 0 heterocycles. The minimum atomic E-state index is -0.265. The van der Waals surface area contributed by atoms with Crippen LogP contribution in [-0.4, -0.2) is 17.6 Å². The van der Waals surface area contributed by atoms with Gasteiger partial charge in [-0.2, -0.15) is 0 Å². The second kappa shape index (κ2) is 4.52. The molecule has 0 bridgehead atoms. The van der Waals surface area contributed by atoms with E-state index >= 15 is 0 Å². The Morgan fingerprint density at radius 1 is 1.20 bits per heavy atom. The van der Waals surface area contributed by atoms with Crippen LogP contribution in [0.25, 0.3) is 0 Å². The summed E-state index contributed by atoms with van der Waals surface area (Å²) in [6.07, 6.45) is 9.45. The molecule has 3 nitrogen and oxygen atoms in total. The van der Waals surface area contributed by atoms with Gasteiger partial charge < -0.3 is 10.5 Å². The van der Waals surface area contributed by atoms with Gasteiger partial charge in [0.25, 0.3) is 0 Å². The highest BCUT2D eigenvalue weighted by molar-refractivity contribution is 5.71. The van der Waals surface area contributed by atoms with Crippen molar-refractivity contribution in [2.75, 3.05) is 0 Å². The zero-order valence-corrected chi connectivity index (χ0v) is 9.34. The fourth-order valence-electron chi connectivity index (χ4n) is 2.44. The molecule has 0 unspecified atom stereocenters. The number of nitrogens with two attached hydrogens (primary N) is 1. The van der Waals surface area contributed by atoms with Gasteiger partial charge in [-0.25, -0.2) is 0 Å². The van der Waals surface area contributed by atoms with E-state index in [0.29, 0.717) is 6.42 Å². The summed E-state index contributed by atoms with van der Waals surface area (Å²) in [6.45, 7) is 0. The Morgan fingerprint density at radius 2 is 1.87 bits per heavy atom. The second-order valence-electron chi connectivity index (χ2n) is 5.14. The summed E-state index contributed by atoms with van der Waals surface area (Å²) in [5.74, 6) is -0.0795. The number of rotatable bonds is 3. The van der Waals surface area contributed by atoms with E-state index in [4.69, 9.17) is 10.5 Å². The Morgan fingerprint density at radius 3 is 2.40 bits per heavy atom. The van der Waals surface area contributed by atoms with Crippen molar-refractivity contribution in [3.63, 3.8) is 0 Å². The Hall–Kier alpha value is -0.570. The van der Waals surface area contributed by atoms with Gasteiger partial charge in [0.1, 0.15) is 6.10 Å². The summed E-state index contributed by atoms with van der Waals surface area (Å²) in [4.78, 5) is 11.6.